The maximum absolute atomic E-state index is 12.7. The Labute approximate surface area is 180 Å². The summed E-state index contributed by atoms with van der Waals surface area (Å²) in [6, 6.07) is 11.0. The standard InChI is InChI=1S/C22H25N5O4/c1-29-18-5-4-16(14-19(18)30-2)15-22(28)26-12-8-17(9-13-26)31-21-7-6-20(24-25-21)27-11-3-10-23-27/h3-7,10-11,14,17H,8-9,12-13,15H2,1-2H3. The lowest BCUT2D eigenvalue weighted by molar-refractivity contribution is -0.132. The van der Waals surface area contributed by atoms with Crippen LogP contribution in [0.1, 0.15) is 18.4 Å². The molecule has 3 heterocycles. The highest BCUT2D eigenvalue weighted by molar-refractivity contribution is 5.79. The predicted octanol–water partition coefficient (Wildman–Crippen LogP) is 2.29. The van der Waals surface area contributed by atoms with E-state index in [1.54, 1.807) is 37.4 Å². The number of carbonyl (C=O) groups is 1. The lowest BCUT2D eigenvalue weighted by Crippen LogP contribution is -2.42. The Balaban J connectivity index is 1.28. The maximum Gasteiger partial charge on any atom is 0.233 e. The molecule has 0 unspecified atom stereocenters. The fourth-order valence-corrected chi connectivity index (χ4v) is 3.57. The molecule has 1 fully saturated rings. The van der Waals surface area contributed by atoms with E-state index in [0.29, 0.717) is 42.7 Å². The SMILES string of the molecule is COc1ccc(CC(=O)N2CCC(Oc3ccc(-n4cccn4)nn3)CC2)cc1OC. The molecule has 1 aliphatic rings. The molecule has 9 heteroatoms. The minimum atomic E-state index is 0.00924. The van der Waals surface area contributed by atoms with Gasteiger partial charge in [-0.05, 0) is 29.8 Å². The molecule has 0 atom stereocenters. The molecule has 9 nitrogen and oxygen atoms in total. The Kier molecular flexibility index (Phi) is 6.30. The van der Waals surface area contributed by atoms with E-state index in [0.717, 1.165) is 18.4 Å². The summed E-state index contributed by atoms with van der Waals surface area (Å²) in [5, 5.41) is 12.4. The quantitative estimate of drug-likeness (QED) is 0.576. The third kappa shape index (κ3) is 4.93. The number of piperidine rings is 1. The summed E-state index contributed by atoms with van der Waals surface area (Å²) in [7, 11) is 3.18. The van der Waals surface area contributed by atoms with Crippen molar-refractivity contribution in [3.05, 3.63) is 54.4 Å². The first-order valence-electron chi connectivity index (χ1n) is 10.2. The van der Waals surface area contributed by atoms with Crippen LogP contribution < -0.4 is 14.2 Å². The van der Waals surface area contributed by atoms with Gasteiger partial charge in [-0.15, -0.1) is 10.2 Å². The zero-order chi connectivity index (χ0) is 21.6. The Morgan fingerprint density at radius 2 is 1.87 bits per heavy atom. The topological polar surface area (TPSA) is 91.6 Å². The molecule has 0 N–H and O–H groups in total. The van der Waals surface area contributed by atoms with Crippen LogP contribution in [0.2, 0.25) is 0 Å². The van der Waals surface area contributed by atoms with Gasteiger partial charge in [0.15, 0.2) is 17.3 Å². The molecule has 1 saturated heterocycles. The maximum atomic E-state index is 12.7. The number of hydrogen-bond donors (Lipinski definition) is 0. The van der Waals surface area contributed by atoms with Gasteiger partial charge >= 0.3 is 0 Å². The zero-order valence-electron chi connectivity index (χ0n) is 17.6. The number of ether oxygens (including phenoxy) is 3. The first kappa shape index (κ1) is 20.6. The van der Waals surface area contributed by atoms with E-state index in [1.807, 2.05) is 35.2 Å². The molecule has 1 amide bonds. The van der Waals surface area contributed by atoms with Gasteiger partial charge in [-0.3, -0.25) is 4.79 Å². The average molecular weight is 423 g/mol. The molecule has 31 heavy (non-hydrogen) atoms. The fraction of sp³-hybridized carbons (Fsp3) is 0.364. The third-order valence-electron chi connectivity index (χ3n) is 5.25. The van der Waals surface area contributed by atoms with Crippen molar-refractivity contribution in [1.29, 1.82) is 0 Å². The molecule has 0 aliphatic carbocycles. The van der Waals surface area contributed by atoms with Gasteiger partial charge in [-0.2, -0.15) is 5.10 Å². The van der Waals surface area contributed by atoms with Crippen LogP contribution in [0.25, 0.3) is 5.82 Å². The summed E-state index contributed by atoms with van der Waals surface area (Å²) in [5.41, 5.74) is 0.897. The third-order valence-corrected chi connectivity index (χ3v) is 5.25. The Morgan fingerprint density at radius 3 is 2.52 bits per heavy atom. The first-order valence-corrected chi connectivity index (χ1v) is 10.2. The second-order valence-electron chi connectivity index (χ2n) is 7.24. The van der Waals surface area contributed by atoms with Gasteiger partial charge in [-0.25, -0.2) is 4.68 Å². The van der Waals surface area contributed by atoms with Crippen molar-refractivity contribution in [1.82, 2.24) is 24.9 Å². The van der Waals surface area contributed by atoms with Crippen molar-refractivity contribution >= 4 is 5.91 Å². The molecular weight excluding hydrogens is 398 g/mol. The van der Waals surface area contributed by atoms with E-state index in [1.165, 1.54) is 0 Å². The van der Waals surface area contributed by atoms with Crippen molar-refractivity contribution in [3.63, 3.8) is 0 Å². The van der Waals surface area contributed by atoms with Crippen molar-refractivity contribution in [2.24, 2.45) is 0 Å². The van der Waals surface area contributed by atoms with Gasteiger partial charge in [0.2, 0.25) is 11.8 Å². The Bertz CT molecular complexity index is 999. The van der Waals surface area contributed by atoms with E-state index in [-0.39, 0.29) is 12.0 Å². The molecule has 1 aromatic carbocycles. The van der Waals surface area contributed by atoms with E-state index in [4.69, 9.17) is 14.2 Å². The van der Waals surface area contributed by atoms with Crippen molar-refractivity contribution in [2.45, 2.75) is 25.4 Å². The number of amides is 1. The summed E-state index contributed by atoms with van der Waals surface area (Å²) in [5.74, 6) is 2.48. The number of benzene rings is 1. The minimum absolute atomic E-state index is 0.00924. The number of nitrogens with zero attached hydrogens (tertiary/aromatic N) is 5. The summed E-state index contributed by atoms with van der Waals surface area (Å²) >= 11 is 0. The first-order chi connectivity index (χ1) is 15.2. The number of rotatable bonds is 7. The van der Waals surface area contributed by atoms with Crippen LogP contribution in [0.3, 0.4) is 0 Å². The van der Waals surface area contributed by atoms with Crippen molar-refractivity contribution < 1.29 is 19.0 Å². The number of aromatic nitrogens is 4. The van der Waals surface area contributed by atoms with Gasteiger partial charge in [0.25, 0.3) is 0 Å². The average Bonchev–Trinajstić information content (AvgIpc) is 3.35. The van der Waals surface area contributed by atoms with Crippen LogP contribution in [-0.2, 0) is 11.2 Å². The monoisotopic (exact) mass is 423 g/mol. The van der Waals surface area contributed by atoms with Crippen LogP contribution in [0.5, 0.6) is 17.4 Å². The van der Waals surface area contributed by atoms with Crippen LogP contribution in [0.15, 0.2) is 48.8 Å². The molecule has 162 valence electrons. The van der Waals surface area contributed by atoms with Crippen molar-refractivity contribution in [3.8, 4) is 23.2 Å². The fourth-order valence-electron chi connectivity index (χ4n) is 3.57. The van der Waals surface area contributed by atoms with Gasteiger partial charge in [0, 0.05) is 44.4 Å². The van der Waals surface area contributed by atoms with Crippen molar-refractivity contribution in [2.75, 3.05) is 27.3 Å². The Morgan fingerprint density at radius 1 is 1.06 bits per heavy atom. The number of hydrogen-bond acceptors (Lipinski definition) is 7. The number of methoxy groups -OCH3 is 2. The largest absolute Gasteiger partial charge is 0.493 e. The highest BCUT2D eigenvalue weighted by atomic mass is 16.5. The highest BCUT2D eigenvalue weighted by Crippen LogP contribution is 2.28. The van der Waals surface area contributed by atoms with Gasteiger partial charge in [0.05, 0.1) is 20.6 Å². The van der Waals surface area contributed by atoms with E-state index >= 15 is 0 Å². The van der Waals surface area contributed by atoms with Crippen LogP contribution in [-0.4, -0.2) is 64.2 Å². The smallest absolute Gasteiger partial charge is 0.233 e. The second-order valence-corrected chi connectivity index (χ2v) is 7.24. The van der Waals surface area contributed by atoms with E-state index in [2.05, 4.69) is 15.3 Å². The van der Waals surface area contributed by atoms with Crippen LogP contribution in [0, 0.1) is 0 Å². The second kappa shape index (κ2) is 9.46. The lowest BCUT2D eigenvalue weighted by atomic mass is 10.1. The van der Waals surface area contributed by atoms with Crippen LogP contribution >= 0.6 is 0 Å². The normalized spacial score (nSPS) is 14.3. The van der Waals surface area contributed by atoms with E-state index in [9.17, 15) is 4.79 Å². The molecule has 0 radical (unpaired) electrons. The molecular formula is C22H25N5O4. The molecule has 1 aliphatic heterocycles. The molecule has 3 aromatic rings. The lowest BCUT2D eigenvalue weighted by Gasteiger charge is -2.32. The van der Waals surface area contributed by atoms with Crippen LogP contribution in [0.4, 0.5) is 0 Å². The summed E-state index contributed by atoms with van der Waals surface area (Å²) < 4.78 is 18.2. The van der Waals surface area contributed by atoms with E-state index < -0.39 is 0 Å². The molecule has 0 saturated carbocycles. The Hall–Kier alpha value is -3.62. The highest BCUT2D eigenvalue weighted by Gasteiger charge is 2.24. The molecule has 2 aromatic heterocycles. The predicted molar refractivity (Wildman–Crippen MR) is 113 cm³/mol. The van der Waals surface area contributed by atoms with Gasteiger partial charge in [-0.1, -0.05) is 6.07 Å². The molecule has 0 bridgehead atoms. The minimum Gasteiger partial charge on any atom is -0.493 e. The summed E-state index contributed by atoms with van der Waals surface area (Å²) in [6.45, 7) is 1.30. The molecule has 4 rings (SSSR count). The van der Waals surface area contributed by atoms with Gasteiger partial charge in [0.1, 0.15) is 6.10 Å². The number of carbonyl (C=O) groups excluding carboxylic acids is 1. The molecule has 0 spiro atoms. The zero-order valence-corrected chi connectivity index (χ0v) is 17.6. The van der Waals surface area contributed by atoms with Gasteiger partial charge < -0.3 is 19.1 Å². The summed E-state index contributed by atoms with van der Waals surface area (Å²) in [6.07, 6.45) is 5.33. The number of likely N-dealkylation sites (tertiary alicyclic amines) is 1. The summed E-state index contributed by atoms with van der Waals surface area (Å²) in [4.78, 5) is 14.6.